The summed E-state index contributed by atoms with van der Waals surface area (Å²) in [6.07, 6.45) is 4.76. The second-order valence-electron chi connectivity index (χ2n) is 6.14. The maximum Gasteiger partial charge on any atom is 0.262 e. The van der Waals surface area contributed by atoms with Gasteiger partial charge in [-0.1, -0.05) is 0 Å². The average molecular weight is 326 g/mol. The molecule has 124 valence electrons. The van der Waals surface area contributed by atoms with E-state index in [1.165, 1.54) is 5.69 Å². The number of rotatable bonds is 2. The minimum Gasteiger partial charge on any atom is -0.482 e. The number of fused-ring (bicyclic) bond motifs is 2. The number of aryl methyl sites for hydroxylation is 1. The predicted molar refractivity (Wildman–Crippen MR) is 86.9 cm³/mol. The second-order valence-corrected chi connectivity index (χ2v) is 6.14. The fourth-order valence-corrected chi connectivity index (χ4v) is 3.31. The third kappa shape index (κ3) is 2.51. The molecule has 0 saturated heterocycles. The van der Waals surface area contributed by atoms with Crippen molar-refractivity contribution < 1.29 is 14.3 Å². The SMILES string of the molecule is Cn1ncc2c1CCC[C@H]2NC(=O)c1ccc2c(c1)OCC(=O)N2. The Balaban J connectivity index is 1.54. The van der Waals surface area contributed by atoms with Crippen LogP contribution < -0.4 is 15.4 Å². The molecular formula is C17H18N4O3. The number of nitrogens with one attached hydrogen (secondary N) is 2. The van der Waals surface area contributed by atoms with E-state index in [1.54, 1.807) is 18.2 Å². The van der Waals surface area contributed by atoms with Crippen LogP contribution >= 0.6 is 0 Å². The minimum absolute atomic E-state index is 0.0217. The zero-order chi connectivity index (χ0) is 16.7. The molecule has 7 heteroatoms. The van der Waals surface area contributed by atoms with Crippen LogP contribution in [0.25, 0.3) is 0 Å². The molecule has 2 aliphatic rings. The van der Waals surface area contributed by atoms with E-state index in [2.05, 4.69) is 15.7 Å². The number of amides is 2. The molecule has 1 aromatic heterocycles. The van der Waals surface area contributed by atoms with Crippen LogP contribution in [0.1, 0.15) is 40.5 Å². The molecule has 7 nitrogen and oxygen atoms in total. The molecule has 4 rings (SSSR count). The normalized spacial score (nSPS) is 18.9. The van der Waals surface area contributed by atoms with Gasteiger partial charge in [-0.05, 0) is 37.5 Å². The van der Waals surface area contributed by atoms with Crippen molar-refractivity contribution in [3.63, 3.8) is 0 Å². The first-order chi connectivity index (χ1) is 11.6. The summed E-state index contributed by atoms with van der Waals surface area (Å²) in [6, 6.07) is 5.02. The molecule has 1 aliphatic heterocycles. The average Bonchev–Trinajstić information content (AvgIpc) is 2.97. The standard InChI is InChI=1S/C17H18N4O3/c1-21-14-4-2-3-12(11(14)8-18-21)20-17(23)10-5-6-13-15(7-10)24-9-16(22)19-13/h5-8,12H,2-4,9H2,1H3,(H,19,22)(H,20,23)/t12-/m1/s1. The van der Waals surface area contributed by atoms with Crippen LogP contribution in [0.3, 0.4) is 0 Å². The largest absolute Gasteiger partial charge is 0.482 e. The van der Waals surface area contributed by atoms with Gasteiger partial charge in [-0.25, -0.2) is 0 Å². The summed E-state index contributed by atoms with van der Waals surface area (Å²) in [4.78, 5) is 23.9. The highest BCUT2D eigenvalue weighted by Gasteiger charge is 2.25. The molecule has 0 fully saturated rings. The first-order valence-corrected chi connectivity index (χ1v) is 8.00. The highest BCUT2D eigenvalue weighted by molar-refractivity contribution is 5.99. The van der Waals surface area contributed by atoms with Gasteiger partial charge in [-0.2, -0.15) is 5.10 Å². The van der Waals surface area contributed by atoms with Crippen molar-refractivity contribution in [2.45, 2.75) is 25.3 Å². The van der Waals surface area contributed by atoms with Crippen LogP contribution in [0.2, 0.25) is 0 Å². The number of hydrogen-bond donors (Lipinski definition) is 2. The molecule has 0 saturated carbocycles. The van der Waals surface area contributed by atoms with Gasteiger partial charge in [0, 0.05) is 23.9 Å². The third-order valence-electron chi connectivity index (χ3n) is 4.56. The smallest absolute Gasteiger partial charge is 0.262 e. The molecule has 1 aliphatic carbocycles. The fraction of sp³-hybridized carbons (Fsp3) is 0.353. The van der Waals surface area contributed by atoms with E-state index in [0.29, 0.717) is 17.0 Å². The number of hydrogen-bond acceptors (Lipinski definition) is 4. The summed E-state index contributed by atoms with van der Waals surface area (Å²) in [5, 5.41) is 10.1. The lowest BCUT2D eigenvalue weighted by atomic mass is 9.92. The van der Waals surface area contributed by atoms with Gasteiger partial charge < -0.3 is 15.4 Å². The van der Waals surface area contributed by atoms with Gasteiger partial charge >= 0.3 is 0 Å². The molecule has 2 aromatic rings. The molecule has 0 unspecified atom stereocenters. The van der Waals surface area contributed by atoms with Gasteiger partial charge in [-0.15, -0.1) is 0 Å². The van der Waals surface area contributed by atoms with Crippen LogP contribution in [0.5, 0.6) is 5.75 Å². The number of carbonyl (C=O) groups excluding carboxylic acids is 2. The van der Waals surface area contributed by atoms with E-state index < -0.39 is 0 Å². The Morgan fingerprint density at radius 3 is 3.21 bits per heavy atom. The minimum atomic E-state index is -0.189. The molecule has 0 radical (unpaired) electrons. The number of benzene rings is 1. The topological polar surface area (TPSA) is 85.2 Å². The van der Waals surface area contributed by atoms with Crippen LogP contribution in [-0.4, -0.2) is 28.2 Å². The highest BCUT2D eigenvalue weighted by Crippen LogP contribution is 2.31. The zero-order valence-electron chi connectivity index (χ0n) is 13.3. The van der Waals surface area contributed by atoms with Crippen LogP contribution in [0, 0.1) is 0 Å². The van der Waals surface area contributed by atoms with E-state index in [0.717, 1.165) is 24.8 Å². The van der Waals surface area contributed by atoms with E-state index >= 15 is 0 Å². The lowest BCUT2D eigenvalue weighted by molar-refractivity contribution is -0.118. The molecule has 1 atom stereocenters. The molecule has 2 N–H and O–H groups in total. The van der Waals surface area contributed by atoms with Crippen molar-refractivity contribution in [2.24, 2.45) is 7.05 Å². The summed E-state index contributed by atoms with van der Waals surface area (Å²) in [7, 11) is 1.93. The summed E-state index contributed by atoms with van der Waals surface area (Å²) >= 11 is 0. The maximum atomic E-state index is 12.6. The van der Waals surface area contributed by atoms with Gasteiger partial charge in [0.2, 0.25) is 0 Å². The number of anilines is 1. The molecule has 0 spiro atoms. The van der Waals surface area contributed by atoms with Crippen molar-refractivity contribution in [2.75, 3.05) is 11.9 Å². The molecule has 0 bridgehead atoms. The fourth-order valence-electron chi connectivity index (χ4n) is 3.31. The number of ether oxygens (including phenoxy) is 1. The number of aromatic nitrogens is 2. The van der Waals surface area contributed by atoms with Gasteiger partial charge in [0.05, 0.1) is 17.9 Å². The first kappa shape index (κ1) is 14.7. The van der Waals surface area contributed by atoms with Crippen molar-refractivity contribution in [3.05, 3.63) is 41.2 Å². The number of nitrogens with zero attached hydrogens (tertiary/aromatic N) is 2. The van der Waals surface area contributed by atoms with Crippen LogP contribution in [-0.2, 0) is 18.3 Å². The van der Waals surface area contributed by atoms with Crippen molar-refractivity contribution in [3.8, 4) is 5.75 Å². The Hall–Kier alpha value is -2.83. The predicted octanol–water partition coefficient (Wildman–Crippen LogP) is 1.56. The Morgan fingerprint density at radius 1 is 1.46 bits per heavy atom. The van der Waals surface area contributed by atoms with Gasteiger partial charge in [0.25, 0.3) is 11.8 Å². The quantitative estimate of drug-likeness (QED) is 0.877. The van der Waals surface area contributed by atoms with Crippen molar-refractivity contribution in [1.82, 2.24) is 15.1 Å². The Labute approximate surface area is 139 Å². The summed E-state index contributed by atoms with van der Waals surface area (Å²) < 4.78 is 7.25. The summed E-state index contributed by atoms with van der Waals surface area (Å²) in [5.41, 5.74) is 3.39. The van der Waals surface area contributed by atoms with E-state index in [9.17, 15) is 9.59 Å². The van der Waals surface area contributed by atoms with E-state index in [1.807, 2.05) is 17.9 Å². The highest BCUT2D eigenvalue weighted by atomic mass is 16.5. The van der Waals surface area contributed by atoms with Crippen molar-refractivity contribution >= 4 is 17.5 Å². The lowest BCUT2D eigenvalue weighted by Gasteiger charge is -2.24. The molecule has 24 heavy (non-hydrogen) atoms. The molecule has 2 heterocycles. The second kappa shape index (κ2) is 5.67. The molecular weight excluding hydrogens is 308 g/mol. The van der Waals surface area contributed by atoms with Crippen LogP contribution in [0.15, 0.2) is 24.4 Å². The lowest BCUT2D eigenvalue weighted by Crippen LogP contribution is -2.31. The zero-order valence-corrected chi connectivity index (χ0v) is 13.3. The first-order valence-electron chi connectivity index (χ1n) is 8.00. The Bertz CT molecular complexity index is 827. The Morgan fingerprint density at radius 2 is 2.33 bits per heavy atom. The van der Waals surface area contributed by atoms with E-state index in [4.69, 9.17) is 4.74 Å². The van der Waals surface area contributed by atoms with Gasteiger partial charge in [0.1, 0.15) is 5.75 Å². The van der Waals surface area contributed by atoms with Gasteiger partial charge in [-0.3, -0.25) is 14.3 Å². The van der Waals surface area contributed by atoms with E-state index in [-0.39, 0.29) is 24.5 Å². The maximum absolute atomic E-state index is 12.6. The molecule has 2 amide bonds. The number of carbonyl (C=O) groups is 2. The monoisotopic (exact) mass is 326 g/mol. The third-order valence-corrected chi connectivity index (χ3v) is 4.56. The van der Waals surface area contributed by atoms with Crippen molar-refractivity contribution in [1.29, 1.82) is 0 Å². The Kier molecular flexibility index (Phi) is 3.48. The summed E-state index contributed by atoms with van der Waals surface area (Å²) in [5.74, 6) is 0.180. The van der Waals surface area contributed by atoms with Crippen LogP contribution in [0.4, 0.5) is 5.69 Å². The molecule has 1 aromatic carbocycles. The van der Waals surface area contributed by atoms with Gasteiger partial charge in [0.15, 0.2) is 6.61 Å². The summed E-state index contributed by atoms with van der Waals surface area (Å²) in [6.45, 7) is -0.0280.